The van der Waals surface area contributed by atoms with Crippen molar-refractivity contribution in [3.63, 3.8) is 0 Å². The second-order valence-electron chi connectivity index (χ2n) is 6.48. The minimum atomic E-state index is -0.713. The Kier molecular flexibility index (Phi) is 6.21. The number of nitrogens with one attached hydrogen (secondary N) is 1. The summed E-state index contributed by atoms with van der Waals surface area (Å²) in [5.41, 5.74) is 0.339. The molecule has 0 radical (unpaired) electrons. The Labute approximate surface area is 127 Å². The summed E-state index contributed by atoms with van der Waals surface area (Å²) in [6, 6.07) is 7.19. The molecule has 4 heteroatoms. The maximum atomic E-state index is 12.2. The van der Waals surface area contributed by atoms with Crippen molar-refractivity contribution < 1.29 is 14.6 Å². The van der Waals surface area contributed by atoms with Crippen LogP contribution in [0.25, 0.3) is 0 Å². The van der Waals surface area contributed by atoms with Crippen LogP contribution in [-0.4, -0.2) is 24.7 Å². The molecule has 118 valence electrons. The highest BCUT2D eigenvalue weighted by molar-refractivity contribution is 5.81. The van der Waals surface area contributed by atoms with E-state index in [-0.39, 0.29) is 12.5 Å². The molecule has 0 aromatic heterocycles. The normalized spacial score (nSPS) is 13.1. The van der Waals surface area contributed by atoms with Crippen molar-refractivity contribution >= 4 is 5.91 Å². The van der Waals surface area contributed by atoms with Crippen molar-refractivity contribution in [1.82, 2.24) is 5.32 Å². The van der Waals surface area contributed by atoms with E-state index < -0.39 is 11.5 Å². The summed E-state index contributed by atoms with van der Waals surface area (Å²) in [4.78, 5) is 12.2. The van der Waals surface area contributed by atoms with E-state index in [1.807, 2.05) is 13.8 Å². The maximum Gasteiger partial charge on any atom is 0.225 e. The van der Waals surface area contributed by atoms with Crippen LogP contribution in [0, 0.1) is 11.3 Å². The monoisotopic (exact) mass is 293 g/mol. The number of rotatable bonds is 7. The van der Waals surface area contributed by atoms with Gasteiger partial charge in [-0.2, -0.15) is 0 Å². The summed E-state index contributed by atoms with van der Waals surface area (Å²) in [7, 11) is 1.60. The molecule has 1 atom stereocenters. The number of aliphatic hydroxyl groups excluding tert-OH is 1. The number of benzene rings is 1. The minimum Gasteiger partial charge on any atom is -0.497 e. The molecule has 0 heterocycles. The number of amides is 1. The summed E-state index contributed by atoms with van der Waals surface area (Å²) in [6.45, 7) is 8.28. The third-order valence-corrected chi connectivity index (χ3v) is 3.49. The Balaban J connectivity index is 2.55. The van der Waals surface area contributed by atoms with Crippen LogP contribution in [0.15, 0.2) is 24.3 Å². The summed E-state index contributed by atoms with van der Waals surface area (Å²) in [6.07, 6.45) is 0.104. The fourth-order valence-electron chi connectivity index (χ4n) is 2.49. The van der Waals surface area contributed by atoms with Crippen molar-refractivity contribution in [2.24, 2.45) is 11.3 Å². The lowest BCUT2D eigenvalue weighted by Crippen LogP contribution is -2.39. The van der Waals surface area contributed by atoms with Crippen LogP contribution in [0.1, 0.15) is 45.8 Å². The van der Waals surface area contributed by atoms with Crippen LogP contribution < -0.4 is 10.1 Å². The molecular weight excluding hydrogens is 266 g/mol. The molecule has 1 rings (SSSR count). The standard InChI is InChI=1S/C17H27NO3/c1-12(2)10-17(3,4)16(20)18-11-15(19)13-6-8-14(21-5)9-7-13/h6-9,12,15,19H,10-11H2,1-5H3,(H,18,20). The van der Waals surface area contributed by atoms with E-state index >= 15 is 0 Å². The highest BCUT2D eigenvalue weighted by Gasteiger charge is 2.28. The van der Waals surface area contributed by atoms with E-state index in [1.165, 1.54) is 0 Å². The Morgan fingerprint density at radius 2 is 1.86 bits per heavy atom. The first-order valence-electron chi connectivity index (χ1n) is 7.36. The van der Waals surface area contributed by atoms with E-state index in [4.69, 9.17) is 4.74 Å². The first-order valence-corrected chi connectivity index (χ1v) is 7.36. The molecule has 1 unspecified atom stereocenters. The Bertz CT molecular complexity index is 452. The average Bonchev–Trinajstić information content (AvgIpc) is 2.43. The highest BCUT2D eigenvalue weighted by Crippen LogP contribution is 2.25. The average molecular weight is 293 g/mol. The fourth-order valence-corrected chi connectivity index (χ4v) is 2.49. The van der Waals surface area contributed by atoms with Crippen molar-refractivity contribution in [3.8, 4) is 5.75 Å². The second kappa shape index (κ2) is 7.46. The Morgan fingerprint density at radius 3 is 2.33 bits per heavy atom. The lowest BCUT2D eigenvalue weighted by Gasteiger charge is -2.26. The van der Waals surface area contributed by atoms with Gasteiger partial charge in [-0.1, -0.05) is 39.8 Å². The number of carbonyl (C=O) groups is 1. The first-order chi connectivity index (χ1) is 9.76. The van der Waals surface area contributed by atoms with Crippen molar-refractivity contribution in [2.75, 3.05) is 13.7 Å². The van der Waals surface area contributed by atoms with Crippen molar-refractivity contribution in [2.45, 2.75) is 40.2 Å². The predicted octanol–water partition coefficient (Wildman–Crippen LogP) is 2.92. The molecule has 0 aliphatic carbocycles. The molecule has 1 amide bonds. The number of hydrogen-bond donors (Lipinski definition) is 2. The predicted molar refractivity (Wildman–Crippen MR) is 84.2 cm³/mol. The summed E-state index contributed by atoms with van der Waals surface area (Å²) < 4.78 is 5.08. The van der Waals surface area contributed by atoms with Gasteiger partial charge >= 0.3 is 0 Å². The zero-order valence-corrected chi connectivity index (χ0v) is 13.6. The molecule has 1 aromatic rings. The van der Waals surface area contributed by atoms with E-state index in [0.717, 1.165) is 17.7 Å². The van der Waals surface area contributed by atoms with E-state index in [0.29, 0.717) is 5.92 Å². The van der Waals surface area contributed by atoms with Gasteiger partial charge in [-0.25, -0.2) is 0 Å². The summed E-state index contributed by atoms with van der Waals surface area (Å²) in [5, 5.41) is 13.0. The fraction of sp³-hybridized carbons (Fsp3) is 0.588. The number of ether oxygens (including phenoxy) is 1. The minimum absolute atomic E-state index is 0.0243. The van der Waals surface area contributed by atoms with Gasteiger partial charge in [-0.05, 0) is 30.0 Å². The van der Waals surface area contributed by atoms with Gasteiger partial charge in [0.25, 0.3) is 0 Å². The zero-order chi connectivity index (χ0) is 16.0. The Morgan fingerprint density at radius 1 is 1.29 bits per heavy atom. The number of carbonyl (C=O) groups excluding carboxylic acids is 1. The molecule has 21 heavy (non-hydrogen) atoms. The van der Waals surface area contributed by atoms with Crippen molar-refractivity contribution in [1.29, 1.82) is 0 Å². The highest BCUT2D eigenvalue weighted by atomic mass is 16.5. The van der Waals surface area contributed by atoms with Gasteiger partial charge in [0.05, 0.1) is 13.2 Å². The molecule has 0 fully saturated rings. The summed E-state index contributed by atoms with van der Waals surface area (Å²) in [5.74, 6) is 1.18. The maximum absolute atomic E-state index is 12.2. The topological polar surface area (TPSA) is 58.6 Å². The van der Waals surface area contributed by atoms with Crippen molar-refractivity contribution in [3.05, 3.63) is 29.8 Å². The number of methoxy groups -OCH3 is 1. The van der Waals surface area contributed by atoms with E-state index in [2.05, 4.69) is 19.2 Å². The van der Waals surface area contributed by atoms with Gasteiger partial charge in [0.1, 0.15) is 5.75 Å². The van der Waals surface area contributed by atoms with Gasteiger partial charge < -0.3 is 15.2 Å². The van der Waals surface area contributed by atoms with Crippen LogP contribution in [-0.2, 0) is 4.79 Å². The lowest BCUT2D eigenvalue weighted by atomic mass is 9.83. The molecule has 0 spiro atoms. The molecule has 0 bridgehead atoms. The van der Waals surface area contributed by atoms with Crippen LogP contribution in [0.4, 0.5) is 0 Å². The molecule has 2 N–H and O–H groups in total. The zero-order valence-electron chi connectivity index (χ0n) is 13.6. The van der Waals surface area contributed by atoms with Gasteiger partial charge in [-0.3, -0.25) is 4.79 Å². The van der Waals surface area contributed by atoms with Gasteiger partial charge in [0, 0.05) is 12.0 Å². The third kappa shape index (κ3) is 5.38. The number of hydrogen-bond acceptors (Lipinski definition) is 3. The van der Waals surface area contributed by atoms with Gasteiger partial charge in [-0.15, -0.1) is 0 Å². The van der Waals surface area contributed by atoms with Crippen LogP contribution in [0.2, 0.25) is 0 Å². The van der Waals surface area contributed by atoms with E-state index in [9.17, 15) is 9.90 Å². The van der Waals surface area contributed by atoms with Crippen LogP contribution in [0.5, 0.6) is 5.75 Å². The second-order valence-corrected chi connectivity index (χ2v) is 6.48. The molecule has 0 saturated heterocycles. The first kappa shape index (κ1) is 17.5. The van der Waals surface area contributed by atoms with Gasteiger partial charge in [0.15, 0.2) is 0 Å². The molecular formula is C17H27NO3. The lowest BCUT2D eigenvalue weighted by molar-refractivity contribution is -0.130. The van der Waals surface area contributed by atoms with Crippen LogP contribution >= 0.6 is 0 Å². The Hall–Kier alpha value is -1.55. The number of aliphatic hydroxyl groups is 1. The molecule has 1 aromatic carbocycles. The third-order valence-electron chi connectivity index (χ3n) is 3.49. The quantitative estimate of drug-likeness (QED) is 0.812. The molecule has 0 aliphatic heterocycles. The molecule has 0 aliphatic rings. The summed E-state index contributed by atoms with van der Waals surface area (Å²) >= 11 is 0. The van der Waals surface area contributed by atoms with E-state index in [1.54, 1.807) is 31.4 Å². The van der Waals surface area contributed by atoms with Crippen LogP contribution in [0.3, 0.4) is 0 Å². The SMILES string of the molecule is COc1ccc(C(O)CNC(=O)C(C)(C)CC(C)C)cc1. The smallest absolute Gasteiger partial charge is 0.225 e. The molecule has 0 saturated carbocycles. The largest absolute Gasteiger partial charge is 0.497 e. The van der Waals surface area contributed by atoms with Gasteiger partial charge in [0.2, 0.25) is 5.91 Å². The molecule has 4 nitrogen and oxygen atoms in total.